The van der Waals surface area contributed by atoms with Crippen molar-refractivity contribution in [3.8, 4) is 0 Å². The third-order valence-electron chi connectivity index (χ3n) is 4.29. The summed E-state index contributed by atoms with van der Waals surface area (Å²) in [5.74, 6) is 0.400. The minimum absolute atomic E-state index is 0.000924. The molecule has 0 heterocycles. The molecule has 2 aromatic carbocycles. The lowest BCUT2D eigenvalue weighted by Gasteiger charge is -2.08. The fourth-order valence-corrected chi connectivity index (χ4v) is 3.74. The molecule has 0 radical (unpaired) electrons. The molecule has 0 saturated heterocycles. The van der Waals surface area contributed by atoms with Crippen molar-refractivity contribution < 1.29 is 9.72 Å². The molecule has 0 aliphatic heterocycles. The van der Waals surface area contributed by atoms with Crippen LogP contribution in [0.3, 0.4) is 0 Å². The molecule has 2 N–H and O–H groups in total. The van der Waals surface area contributed by atoms with Crippen molar-refractivity contribution in [2.75, 3.05) is 24.2 Å². The zero-order chi connectivity index (χ0) is 18.4. The lowest BCUT2D eigenvalue weighted by atomic mass is 10.1. The van der Waals surface area contributed by atoms with Gasteiger partial charge in [0.05, 0.1) is 10.7 Å². The van der Waals surface area contributed by atoms with Crippen LogP contribution in [0.2, 0.25) is 0 Å². The second-order valence-electron chi connectivity index (χ2n) is 6.15. The molecule has 136 valence electrons. The number of hydrogen-bond acceptors (Lipinski definition) is 5. The van der Waals surface area contributed by atoms with Crippen LogP contribution in [0.5, 0.6) is 0 Å². The van der Waals surface area contributed by atoms with Gasteiger partial charge in [-0.1, -0.05) is 6.07 Å². The van der Waals surface area contributed by atoms with Crippen LogP contribution in [-0.2, 0) is 17.6 Å². The van der Waals surface area contributed by atoms with E-state index >= 15 is 0 Å². The predicted molar refractivity (Wildman–Crippen MR) is 104 cm³/mol. The molecule has 0 aromatic heterocycles. The molecule has 2 aromatic rings. The van der Waals surface area contributed by atoms with Gasteiger partial charge in [0.25, 0.3) is 5.69 Å². The number of benzene rings is 2. The van der Waals surface area contributed by atoms with Gasteiger partial charge in [0.1, 0.15) is 0 Å². The third-order valence-corrected chi connectivity index (χ3v) is 5.29. The van der Waals surface area contributed by atoms with E-state index in [-0.39, 0.29) is 11.6 Å². The van der Waals surface area contributed by atoms with Crippen molar-refractivity contribution in [1.82, 2.24) is 5.32 Å². The molecule has 0 spiro atoms. The number of amides is 1. The molecule has 0 saturated carbocycles. The standard InChI is InChI=1S/C19H21N3O3S/c23-19(13-26-18-9-4-14-2-1-3-15(14)12-18)21-11-10-20-16-5-7-17(8-6-16)22(24)25/h4-9,12,20H,1-3,10-11,13H2,(H,21,23). The second kappa shape index (κ2) is 8.71. The Hall–Kier alpha value is -2.54. The van der Waals surface area contributed by atoms with Crippen molar-refractivity contribution >= 4 is 29.0 Å². The summed E-state index contributed by atoms with van der Waals surface area (Å²) >= 11 is 1.56. The molecular formula is C19H21N3O3S. The second-order valence-corrected chi connectivity index (χ2v) is 7.20. The highest BCUT2D eigenvalue weighted by Crippen LogP contribution is 2.27. The maximum Gasteiger partial charge on any atom is 0.269 e. The van der Waals surface area contributed by atoms with Gasteiger partial charge in [-0.25, -0.2) is 0 Å². The summed E-state index contributed by atoms with van der Waals surface area (Å²) in [6.45, 7) is 1.06. The van der Waals surface area contributed by atoms with E-state index in [2.05, 4.69) is 28.8 Å². The smallest absolute Gasteiger partial charge is 0.269 e. The maximum atomic E-state index is 11.9. The van der Waals surface area contributed by atoms with Crippen LogP contribution in [0, 0.1) is 10.1 Å². The largest absolute Gasteiger partial charge is 0.383 e. The van der Waals surface area contributed by atoms with Crippen LogP contribution in [-0.4, -0.2) is 29.7 Å². The average molecular weight is 371 g/mol. The molecule has 1 aliphatic carbocycles. The molecule has 7 heteroatoms. The Morgan fingerprint density at radius 1 is 1.08 bits per heavy atom. The van der Waals surface area contributed by atoms with Gasteiger partial charge in [0, 0.05) is 35.8 Å². The van der Waals surface area contributed by atoms with Gasteiger partial charge >= 0.3 is 0 Å². The monoisotopic (exact) mass is 371 g/mol. The number of hydrogen-bond donors (Lipinski definition) is 2. The first-order valence-electron chi connectivity index (χ1n) is 8.61. The molecule has 0 fully saturated rings. The lowest BCUT2D eigenvalue weighted by Crippen LogP contribution is -2.30. The zero-order valence-corrected chi connectivity index (χ0v) is 15.2. The summed E-state index contributed by atoms with van der Waals surface area (Å²) in [4.78, 5) is 23.3. The summed E-state index contributed by atoms with van der Waals surface area (Å²) in [6, 6.07) is 12.7. The van der Waals surface area contributed by atoms with Crippen molar-refractivity contribution in [2.24, 2.45) is 0 Å². The van der Waals surface area contributed by atoms with E-state index < -0.39 is 4.92 Å². The van der Waals surface area contributed by atoms with Gasteiger partial charge in [-0.3, -0.25) is 14.9 Å². The van der Waals surface area contributed by atoms with Crippen LogP contribution in [0.25, 0.3) is 0 Å². The number of nitro benzene ring substituents is 1. The topological polar surface area (TPSA) is 84.3 Å². The first kappa shape index (κ1) is 18.3. The summed E-state index contributed by atoms with van der Waals surface area (Å²) in [7, 11) is 0. The number of thioether (sulfide) groups is 1. The van der Waals surface area contributed by atoms with Gasteiger partial charge in [-0.05, 0) is 54.7 Å². The Kier molecular flexibility index (Phi) is 6.12. The van der Waals surface area contributed by atoms with E-state index in [1.807, 2.05) is 0 Å². The number of rotatable bonds is 8. The fourth-order valence-electron chi connectivity index (χ4n) is 2.95. The van der Waals surface area contributed by atoms with E-state index in [4.69, 9.17) is 0 Å². The van der Waals surface area contributed by atoms with Crippen molar-refractivity contribution in [1.29, 1.82) is 0 Å². The van der Waals surface area contributed by atoms with E-state index in [0.717, 1.165) is 17.0 Å². The predicted octanol–water partition coefficient (Wildman–Crippen LogP) is 3.40. The summed E-state index contributed by atoms with van der Waals surface area (Å²) in [6.07, 6.45) is 3.54. The molecule has 3 rings (SSSR count). The Bertz CT molecular complexity index is 793. The molecule has 26 heavy (non-hydrogen) atoms. The van der Waals surface area contributed by atoms with Gasteiger partial charge in [0.15, 0.2) is 0 Å². The molecule has 0 bridgehead atoms. The van der Waals surface area contributed by atoms with Crippen LogP contribution < -0.4 is 10.6 Å². The zero-order valence-electron chi connectivity index (χ0n) is 14.4. The van der Waals surface area contributed by atoms with Crippen molar-refractivity contribution in [2.45, 2.75) is 24.2 Å². The first-order chi connectivity index (χ1) is 12.6. The number of nitrogens with zero attached hydrogens (tertiary/aromatic N) is 1. The summed E-state index contributed by atoms with van der Waals surface area (Å²) in [5, 5.41) is 16.6. The van der Waals surface area contributed by atoms with E-state index in [0.29, 0.717) is 18.8 Å². The molecule has 6 nitrogen and oxygen atoms in total. The number of non-ortho nitro benzene ring substituents is 1. The van der Waals surface area contributed by atoms with Crippen molar-refractivity contribution in [3.05, 3.63) is 63.7 Å². The number of fused-ring (bicyclic) bond motifs is 1. The minimum Gasteiger partial charge on any atom is -0.383 e. The van der Waals surface area contributed by atoms with Gasteiger partial charge in [-0.15, -0.1) is 11.8 Å². The maximum absolute atomic E-state index is 11.9. The van der Waals surface area contributed by atoms with Crippen LogP contribution in [0.4, 0.5) is 11.4 Å². The number of nitro groups is 1. The van der Waals surface area contributed by atoms with E-state index in [1.165, 1.54) is 36.1 Å². The highest BCUT2D eigenvalue weighted by molar-refractivity contribution is 8.00. The minimum atomic E-state index is -0.428. The molecule has 1 aliphatic rings. The highest BCUT2D eigenvalue weighted by Gasteiger charge is 2.11. The number of carbonyl (C=O) groups is 1. The van der Waals surface area contributed by atoms with E-state index in [9.17, 15) is 14.9 Å². The van der Waals surface area contributed by atoms with E-state index in [1.54, 1.807) is 23.9 Å². The average Bonchev–Trinajstić information content (AvgIpc) is 3.11. The van der Waals surface area contributed by atoms with Gasteiger partial charge in [-0.2, -0.15) is 0 Å². The SMILES string of the molecule is O=C(CSc1ccc2c(c1)CCC2)NCCNc1ccc([N+](=O)[O-])cc1. The highest BCUT2D eigenvalue weighted by atomic mass is 32.2. The Morgan fingerprint density at radius 3 is 2.62 bits per heavy atom. The Balaban J connectivity index is 1.34. The normalized spacial score (nSPS) is 12.5. The van der Waals surface area contributed by atoms with Crippen LogP contribution in [0.15, 0.2) is 47.4 Å². The molecule has 0 unspecified atom stereocenters. The van der Waals surface area contributed by atoms with Gasteiger partial charge in [0.2, 0.25) is 5.91 Å². The number of aryl methyl sites for hydroxylation is 2. The third kappa shape index (κ3) is 4.98. The molecule has 0 atom stereocenters. The lowest BCUT2D eigenvalue weighted by molar-refractivity contribution is -0.384. The number of carbonyl (C=O) groups excluding carboxylic acids is 1. The van der Waals surface area contributed by atoms with Crippen LogP contribution >= 0.6 is 11.8 Å². The fraction of sp³-hybridized carbons (Fsp3) is 0.316. The number of anilines is 1. The van der Waals surface area contributed by atoms with Crippen LogP contribution in [0.1, 0.15) is 17.5 Å². The summed E-state index contributed by atoms with van der Waals surface area (Å²) < 4.78 is 0. The quantitative estimate of drug-likeness (QED) is 0.322. The molecular weight excluding hydrogens is 350 g/mol. The Labute approximate surface area is 156 Å². The number of nitrogens with one attached hydrogen (secondary N) is 2. The Morgan fingerprint density at radius 2 is 1.85 bits per heavy atom. The first-order valence-corrected chi connectivity index (χ1v) is 9.60. The molecule has 1 amide bonds. The summed E-state index contributed by atoms with van der Waals surface area (Å²) in [5.41, 5.74) is 3.71. The van der Waals surface area contributed by atoms with Crippen molar-refractivity contribution in [3.63, 3.8) is 0 Å². The van der Waals surface area contributed by atoms with Gasteiger partial charge < -0.3 is 10.6 Å².